The van der Waals surface area contributed by atoms with Gasteiger partial charge in [0, 0.05) is 26.1 Å². The van der Waals surface area contributed by atoms with Gasteiger partial charge >= 0.3 is 0 Å². The second-order valence-electron chi connectivity index (χ2n) is 4.82. The molecule has 1 saturated heterocycles. The first-order valence-corrected chi connectivity index (χ1v) is 6.98. The van der Waals surface area contributed by atoms with E-state index in [0.29, 0.717) is 5.92 Å². The predicted octanol–water partition coefficient (Wildman–Crippen LogP) is 1.58. The van der Waals surface area contributed by atoms with E-state index in [-0.39, 0.29) is 0 Å². The number of ether oxygens (including phenoxy) is 1. The smallest absolute Gasteiger partial charge is 0.226 e. The summed E-state index contributed by atoms with van der Waals surface area (Å²) in [6.07, 6.45) is 5.21. The Morgan fingerprint density at radius 3 is 3.22 bits per heavy atom. The predicted molar refractivity (Wildman–Crippen MR) is 68.4 cm³/mol. The van der Waals surface area contributed by atoms with Gasteiger partial charge in [0.15, 0.2) is 5.82 Å². The molecule has 18 heavy (non-hydrogen) atoms. The molecular formula is C13H23N3O2. The second-order valence-corrected chi connectivity index (χ2v) is 4.82. The number of hydrogen-bond acceptors (Lipinski definition) is 5. The summed E-state index contributed by atoms with van der Waals surface area (Å²) >= 11 is 0. The topological polar surface area (TPSA) is 60.2 Å². The zero-order valence-corrected chi connectivity index (χ0v) is 11.2. The number of nitrogens with zero attached hydrogens (tertiary/aromatic N) is 2. The fraction of sp³-hybridized carbons (Fsp3) is 0.846. The first-order valence-electron chi connectivity index (χ1n) is 6.98. The number of aromatic nitrogens is 2. The van der Waals surface area contributed by atoms with Crippen molar-refractivity contribution in [3.05, 3.63) is 11.7 Å². The summed E-state index contributed by atoms with van der Waals surface area (Å²) in [5, 5.41) is 7.46. The van der Waals surface area contributed by atoms with Gasteiger partial charge in [0.05, 0.1) is 0 Å². The molecule has 0 radical (unpaired) electrons. The molecule has 5 heteroatoms. The lowest BCUT2D eigenvalue weighted by molar-refractivity contribution is 0.143. The first-order chi connectivity index (χ1) is 8.88. The summed E-state index contributed by atoms with van der Waals surface area (Å²) in [5.74, 6) is 2.26. The Kier molecular flexibility index (Phi) is 5.61. The van der Waals surface area contributed by atoms with Gasteiger partial charge in [-0.2, -0.15) is 4.98 Å². The van der Waals surface area contributed by atoms with Crippen LogP contribution in [0.25, 0.3) is 0 Å². The Balaban J connectivity index is 1.71. The molecule has 1 unspecified atom stereocenters. The van der Waals surface area contributed by atoms with Gasteiger partial charge in [0.25, 0.3) is 0 Å². The Hall–Kier alpha value is -0.940. The van der Waals surface area contributed by atoms with Crippen LogP contribution in [0.15, 0.2) is 4.52 Å². The van der Waals surface area contributed by atoms with Gasteiger partial charge in [-0.1, -0.05) is 5.16 Å². The summed E-state index contributed by atoms with van der Waals surface area (Å²) in [5.41, 5.74) is 0. The number of piperidine rings is 1. The van der Waals surface area contributed by atoms with Gasteiger partial charge in [-0.15, -0.1) is 0 Å². The summed E-state index contributed by atoms with van der Waals surface area (Å²) in [6.45, 7) is 5.76. The molecule has 0 amide bonds. The third-order valence-electron chi connectivity index (χ3n) is 3.26. The standard InChI is InChI=1S/C13H23N3O2/c1-2-17-8-4-6-13-15-12(16-18-13)9-11-5-3-7-14-10-11/h11,14H,2-10H2,1H3. The minimum absolute atomic E-state index is 0.660. The maximum absolute atomic E-state index is 5.29. The van der Waals surface area contributed by atoms with Crippen LogP contribution in [0.3, 0.4) is 0 Å². The van der Waals surface area contributed by atoms with E-state index >= 15 is 0 Å². The summed E-state index contributed by atoms with van der Waals surface area (Å²) in [4.78, 5) is 4.44. The van der Waals surface area contributed by atoms with Crippen molar-refractivity contribution in [1.82, 2.24) is 15.5 Å². The molecule has 1 atom stereocenters. The van der Waals surface area contributed by atoms with Crippen molar-refractivity contribution in [1.29, 1.82) is 0 Å². The van der Waals surface area contributed by atoms with Crippen LogP contribution >= 0.6 is 0 Å². The SMILES string of the molecule is CCOCCCc1nc(CC2CCCNC2)no1. The normalized spacial score (nSPS) is 20.2. The molecule has 0 aromatic carbocycles. The van der Waals surface area contributed by atoms with Crippen molar-refractivity contribution in [2.45, 2.75) is 39.0 Å². The van der Waals surface area contributed by atoms with E-state index in [9.17, 15) is 0 Å². The van der Waals surface area contributed by atoms with E-state index in [0.717, 1.165) is 57.3 Å². The third kappa shape index (κ3) is 4.38. The van der Waals surface area contributed by atoms with E-state index < -0.39 is 0 Å². The largest absolute Gasteiger partial charge is 0.382 e. The van der Waals surface area contributed by atoms with Crippen LogP contribution in [0.4, 0.5) is 0 Å². The number of aryl methyl sites for hydroxylation is 1. The molecule has 0 aliphatic carbocycles. The highest BCUT2D eigenvalue weighted by atomic mass is 16.5. The maximum Gasteiger partial charge on any atom is 0.226 e. The molecule has 1 fully saturated rings. The van der Waals surface area contributed by atoms with Crippen LogP contribution in [-0.2, 0) is 17.6 Å². The molecule has 5 nitrogen and oxygen atoms in total. The van der Waals surface area contributed by atoms with E-state index in [1.165, 1.54) is 12.8 Å². The zero-order chi connectivity index (χ0) is 12.6. The van der Waals surface area contributed by atoms with Crippen molar-refractivity contribution in [3.63, 3.8) is 0 Å². The highest BCUT2D eigenvalue weighted by Gasteiger charge is 2.16. The van der Waals surface area contributed by atoms with Crippen LogP contribution in [0.2, 0.25) is 0 Å². The van der Waals surface area contributed by atoms with Crippen molar-refractivity contribution in [2.24, 2.45) is 5.92 Å². The van der Waals surface area contributed by atoms with Gasteiger partial charge in [-0.05, 0) is 45.2 Å². The summed E-state index contributed by atoms with van der Waals surface area (Å²) in [7, 11) is 0. The minimum atomic E-state index is 0.660. The van der Waals surface area contributed by atoms with Crippen molar-refractivity contribution >= 4 is 0 Å². The van der Waals surface area contributed by atoms with E-state index in [1.807, 2.05) is 6.92 Å². The second kappa shape index (κ2) is 7.48. The minimum Gasteiger partial charge on any atom is -0.382 e. The number of nitrogens with one attached hydrogen (secondary N) is 1. The van der Waals surface area contributed by atoms with Crippen LogP contribution in [0, 0.1) is 5.92 Å². The van der Waals surface area contributed by atoms with E-state index in [4.69, 9.17) is 9.26 Å². The molecule has 1 aromatic rings. The van der Waals surface area contributed by atoms with Crippen LogP contribution in [0.1, 0.15) is 37.9 Å². The Labute approximate surface area is 108 Å². The Morgan fingerprint density at radius 2 is 2.44 bits per heavy atom. The summed E-state index contributed by atoms with van der Waals surface area (Å²) < 4.78 is 10.5. The average molecular weight is 253 g/mol. The molecule has 0 spiro atoms. The van der Waals surface area contributed by atoms with Gasteiger partial charge in [-0.3, -0.25) is 0 Å². The third-order valence-corrected chi connectivity index (χ3v) is 3.26. The van der Waals surface area contributed by atoms with Crippen LogP contribution in [0.5, 0.6) is 0 Å². The lowest BCUT2D eigenvalue weighted by Gasteiger charge is -2.20. The summed E-state index contributed by atoms with van der Waals surface area (Å²) in [6, 6.07) is 0. The number of hydrogen-bond donors (Lipinski definition) is 1. The van der Waals surface area contributed by atoms with E-state index in [2.05, 4.69) is 15.5 Å². The monoisotopic (exact) mass is 253 g/mol. The fourth-order valence-electron chi connectivity index (χ4n) is 2.30. The first kappa shape index (κ1) is 13.5. The lowest BCUT2D eigenvalue weighted by atomic mass is 9.96. The van der Waals surface area contributed by atoms with Crippen molar-refractivity contribution in [3.8, 4) is 0 Å². The molecule has 1 aromatic heterocycles. The van der Waals surface area contributed by atoms with Gasteiger partial charge in [0.2, 0.25) is 5.89 Å². The highest BCUT2D eigenvalue weighted by Crippen LogP contribution is 2.14. The van der Waals surface area contributed by atoms with Gasteiger partial charge in [-0.25, -0.2) is 0 Å². The molecule has 2 heterocycles. The molecule has 0 saturated carbocycles. The zero-order valence-electron chi connectivity index (χ0n) is 11.2. The molecule has 0 bridgehead atoms. The molecule has 1 N–H and O–H groups in total. The molecule has 102 valence electrons. The van der Waals surface area contributed by atoms with Crippen molar-refractivity contribution < 1.29 is 9.26 Å². The molecule has 2 rings (SSSR count). The van der Waals surface area contributed by atoms with Crippen molar-refractivity contribution in [2.75, 3.05) is 26.3 Å². The molecule has 1 aliphatic rings. The highest BCUT2D eigenvalue weighted by molar-refractivity contribution is 4.89. The Bertz CT molecular complexity index is 335. The average Bonchev–Trinajstić information content (AvgIpc) is 2.84. The maximum atomic E-state index is 5.29. The lowest BCUT2D eigenvalue weighted by Crippen LogP contribution is -2.31. The van der Waals surface area contributed by atoms with Gasteiger partial charge in [0.1, 0.15) is 0 Å². The fourth-order valence-corrected chi connectivity index (χ4v) is 2.30. The van der Waals surface area contributed by atoms with E-state index in [1.54, 1.807) is 0 Å². The molecule has 1 aliphatic heterocycles. The van der Waals surface area contributed by atoms with Crippen LogP contribution < -0.4 is 5.32 Å². The van der Waals surface area contributed by atoms with Crippen LogP contribution in [-0.4, -0.2) is 36.4 Å². The molecular weight excluding hydrogens is 230 g/mol. The Morgan fingerprint density at radius 1 is 1.50 bits per heavy atom. The quantitative estimate of drug-likeness (QED) is 0.748. The number of rotatable bonds is 7. The van der Waals surface area contributed by atoms with Gasteiger partial charge < -0.3 is 14.6 Å².